The van der Waals surface area contributed by atoms with Gasteiger partial charge in [0.1, 0.15) is 11.0 Å². The number of carbonyl (C=O) groups excluding carboxylic acids is 1. The van der Waals surface area contributed by atoms with Crippen molar-refractivity contribution >= 4 is 28.1 Å². The lowest BCUT2D eigenvalue weighted by atomic mass is 10.1. The molecule has 0 unspecified atom stereocenters. The summed E-state index contributed by atoms with van der Waals surface area (Å²) in [4.78, 5) is 16.6. The highest BCUT2D eigenvalue weighted by Crippen LogP contribution is 2.16. The summed E-state index contributed by atoms with van der Waals surface area (Å²) in [6, 6.07) is 22.5. The zero-order chi connectivity index (χ0) is 19.6. The zero-order valence-electron chi connectivity index (χ0n) is 15.4. The molecule has 0 aliphatic carbocycles. The minimum absolute atomic E-state index is 0.0137. The van der Waals surface area contributed by atoms with E-state index < -0.39 is 5.97 Å². The normalized spacial score (nSPS) is 11.2. The number of nitrogens with zero attached hydrogens (tertiary/aromatic N) is 4. The third-order valence-corrected chi connectivity index (χ3v) is 4.61. The fourth-order valence-corrected chi connectivity index (χ4v) is 3.15. The van der Waals surface area contributed by atoms with Gasteiger partial charge in [-0.3, -0.25) is 0 Å². The lowest BCUT2D eigenvalue weighted by Crippen LogP contribution is -2.06. The minimum Gasteiger partial charge on any atom is -0.452 e. The fourth-order valence-electron chi connectivity index (χ4n) is 3.15. The van der Waals surface area contributed by atoms with E-state index in [0.29, 0.717) is 23.6 Å². The second-order valence-corrected chi connectivity index (χ2v) is 6.58. The summed E-state index contributed by atoms with van der Waals surface area (Å²) in [6.45, 7) is 0.555. The lowest BCUT2D eigenvalue weighted by molar-refractivity contribution is 0.0440. The van der Waals surface area contributed by atoms with Gasteiger partial charge in [-0.25, -0.2) is 14.5 Å². The number of rotatable bonds is 5. The highest BCUT2D eigenvalue weighted by Gasteiger charge is 2.11. The molecule has 29 heavy (non-hydrogen) atoms. The molecule has 0 spiro atoms. The number of esters is 1. The number of fused-ring (bicyclic) bond motifs is 2. The van der Waals surface area contributed by atoms with Gasteiger partial charge >= 0.3 is 5.97 Å². The van der Waals surface area contributed by atoms with E-state index in [0.717, 1.165) is 22.1 Å². The number of hydrogen-bond acceptors (Lipinski definition) is 6. The highest BCUT2D eigenvalue weighted by molar-refractivity contribution is 5.89. The van der Waals surface area contributed by atoms with Gasteiger partial charge in [0, 0.05) is 0 Å². The van der Waals surface area contributed by atoms with Crippen molar-refractivity contribution < 1.29 is 13.9 Å². The standard InChI is InChI=1S/C22H16N4O3/c27-22(28-14-21-23-18-6-2-4-8-20(18)29-21)16-11-9-15(10-12-16)13-26-19-7-3-1-5-17(19)24-25-26/h1-12H,13-14H2. The first-order valence-corrected chi connectivity index (χ1v) is 9.15. The molecule has 0 aliphatic heterocycles. The quantitative estimate of drug-likeness (QED) is 0.426. The van der Waals surface area contributed by atoms with Gasteiger partial charge in [0.2, 0.25) is 5.89 Å². The molecule has 0 saturated carbocycles. The molecule has 2 heterocycles. The highest BCUT2D eigenvalue weighted by atomic mass is 16.5. The molecule has 0 amide bonds. The van der Waals surface area contributed by atoms with Crippen LogP contribution in [0.4, 0.5) is 0 Å². The molecule has 142 valence electrons. The third kappa shape index (κ3) is 3.45. The number of ether oxygens (including phenoxy) is 1. The summed E-state index contributed by atoms with van der Waals surface area (Å²) in [7, 11) is 0. The first-order valence-electron chi connectivity index (χ1n) is 9.15. The van der Waals surface area contributed by atoms with Gasteiger partial charge < -0.3 is 9.15 Å². The van der Waals surface area contributed by atoms with Gasteiger partial charge in [-0.1, -0.05) is 41.6 Å². The monoisotopic (exact) mass is 384 g/mol. The molecule has 7 heteroatoms. The summed E-state index contributed by atoms with van der Waals surface area (Å²) < 4.78 is 12.7. The summed E-state index contributed by atoms with van der Waals surface area (Å²) in [5, 5.41) is 8.34. The van der Waals surface area contributed by atoms with Crippen molar-refractivity contribution in [1.82, 2.24) is 20.0 Å². The van der Waals surface area contributed by atoms with Crippen LogP contribution in [0.1, 0.15) is 21.8 Å². The molecular weight excluding hydrogens is 368 g/mol. The predicted molar refractivity (Wildman–Crippen MR) is 106 cm³/mol. The molecule has 0 N–H and O–H groups in total. The third-order valence-electron chi connectivity index (χ3n) is 4.61. The molecule has 0 radical (unpaired) electrons. The maximum Gasteiger partial charge on any atom is 0.338 e. The van der Waals surface area contributed by atoms with Gasteiger partial charge in [0.05, 0.1) is 17.6 Å². The van der Waals surface area contributed by atoms with Crippen LogP contribution >= 0.6 is 0 Å². The second kappa shape index (κ2) is 7.20. The Hall–Kier alpha value is -4.00. The van der Waals surface area contributed by atoms with Gasteiger partial charge in [-0.05, 0) is 42.0 Å². The van der Waals surface area contributed by atoms with Gasteiger partial charge in [-0.2, -0.15) is 0 Å². The molecule has 2 aromatic heterocycles. The number of benzene rings is 3. The minimum atomic E-state index is -0.426. The molecule has 0 atom stereocenters. The van der Waals surface area contributed by atoms with Gasteiger partial charge in [0.25, 0.3) is 0 Å². The maximum absolute atomic E-state index is 12.3. The first kappa shape index (κ1) is 17.1. The van der Waals surface area contributed by atoms with Crippen LogP contribution in [-0.4, -0.2) is 25.9 Å². The number of hydrogen-bond donors (Lipinski definition) is 0. The molecule has 3 aromatic carbocycles. The number of carbonyl (C=O) groups is 1. The van der Waals surface area contributed by atoms with Crippen LogP contribution in [0.25, 0.3) is 22.1 Å². The molecule has 5 aromatic rings. The summed E-state index contributed by atoms with van der Waals surface area (Å²) >= 11 is 0. The molecule has 0 bridgehead atoms. The van der Waals surface area contributed by atoms with Crippen molar-refractivity contribution in [2.45, 2.75) is 13.2 Å². The molecule has 0 fully saturated rings. The number of aromatic nitrogens is 4. The Morgan fingerprint density at radius 3 is 2.52 bits per heavy atom. The molecule has 5 rings (SSSR count). The summed E-state index contributed by atoms with van der Waals surface area (Å²) in [5.74, 6) is -0.0563. The molecule has 7 nitrogen and oxygen atoms in total. The van der Waals surface area contributed by atoms with Crippen LogP contribution in [0, 0.1) is 0 Å². The van der Waals surface area contributed by atoms with E-state index in [1.165, 1.54) is 0 Å². The van der Waals surface area contributed by atoms with Crippen LogP contribution in [0.15, 0.2) is 77.2 Å². The fraction of sp³-hybridized carbons (Fsp3) is 0.0909. The number of para-hydroxylation sites is 3. The van der Waals surface area contributed by atoms with Crippen molar-refractivity contribution in [2.75, 3.05) is 0 Å². The number of oxazole rings is 1. The lowest BCUT2D eigenvalue weighted by Gasteiger charge is -2.05. The topological polar surface area (TPSA) is 83.0 Å². The maximum atomic E-state index is 12.3. The van der Waals surface area contributed by atoms with Crippen LogP contribution in [0.5, 0.6) is 0 Å². The second-order valence-electron chi connectivity index (χ2n) is 6.58. The average Bonchev–Trinajstić information content (AvgIpc) is 3.36. The van der Waals surface area contributed by atoms with Gasteiger partial charge in [-0.15, -0.1) is 5.10 Å². The van der Waals surface area contributed by atoms with E-state index in [-0.39, 0.29) is 6.61 Å². The van der Waals surface area contributed by atoms with Crippen LogP contribution in [-0.2, 0) is 17.9 Å². The van der Waals surface area contributed by atoms with Gasteiger partial charge in [0.15, 0.2) is 12.2 Å². The van der Waals surface area contributed by atoms with E-state index >= 15 is 0 Å². The zero-order valence-corrected chi connectivity index (χ0v) is 15.4. The van der Waals surface area contributed by atoms with E-state index in [4.69, 9.17) is 9.15 Å². The molecular formula is C22H16N4O3. The van der Waals surface area contributed by atoms with E-state index in [1.807, 2.05) is 65.3 Å². The Kier molecular flexibility index (Phi) is 4.25. The SMILES string of the molecule is O=C(OCc1nc2ccccc2o1)c1ccc(Cn2nnc3ccccc32)cc1. The Bertz CT molecular complexity index is 1270. The van der Waals surface area contributed by atoms with Crippen LogP contribution < -0.4 is 0 Å². The van der Waals surface area contributed by atoms with Crippen molar-refractivity contribution in [3.05, 3.63) is 89.8 Å². The average molecular weight is 384 g/mol. The first-order chi connectivity index (χ1) is 14.3. The summed E-state index contributed by atoms with van der Waals surface area (Å²) in [5.41, 5.74) is 4.71. The Morgan fingerprint density at radius 2 is 1.69 bits per heavy atom. The van der Waals surface area contributed by atoms with E-state index in [2.05, 4.69) is 15.3 Å². The van der Waals surface area contributed by atoms with Crippen LogP contribution in [0.2, 0.25) is 0 Å². The van der Waals surface area contributed by atoms with Crippen molar-refractivity contribution in [2.24, 2.45) is 0 Å². The Balaban J connectivity index is 1.25. The van der Waals surface area contributed by atoms with Crippen LogP contribution in [0.3, 0.4) is 0 Å². The molecule has 0 saturated heterocycles. The van der Waals surface area contributed by atoms with Crippen molar-refractivity contribution in [1.29, 1.82) is 0 Å². The summed E-state index contributed by atoms with van der Waals surface area (Å²) in [6.07, 6.45) is 0. The molecule has 0 aliphatic rings. The smallest absolute Gasteiger partial charge is 0.338 e. The predicted octanol–water partition coefficient (Wildman–Crippen LogP) is 3.98. The Labute approximate surface area is 165 Å². The van der Waals surface area contributed by atoms with E-state index in [9.17, 15) is 4.79 Å². The Morgan fingerprint density at radius 1 is 0.931 bits per heavy atom. The van der Waals surface area contributed by atoms with E-state index in [1.54, 1.807) is 12.1 Å². The van der Waals surface area contributed by atoms with Crippen molar-refractivity contribution in [3.63, 3.8) is 0 Å². The van der Waals surface area contributed by atoms with Crippen molar-refractivity contribution in [3.8, 4) is 0 Å². The largest absolute Gasteiger partial charge is 0.452 e.